The van der Waals surface area contributed by atoms with Gasteiger partial charge in [-0.15, -0.1) is 0 Å². The monoisotopic (exact) mass is 476 g/mol. The van der Waals surface area contributed by atoms with Crippen molar-refractivity contribution in [1.29, 1.82) is 0 Å². The van der Waals surface area contributed by atoms with Crippen molar-refractivity contribution in [1.82, 2.24) is 18.7 Å². The van der Waals surface area contributed by atoms with E-state index in [1.807, 2.05) is 6.07 Å². The van der Waals surface area contributed by atoms with Gasteiger partial charge in [0.05, 0.1) is 17.4 Å². The Balaban J connectivity index is 1.77. The maximum atomic E-state index is 13.2. The van der Waals surface area contributed by atoms with E-state index in [1.54, 1.807) is 55.5 Å². The van der Waals surface area contributed by atoms with Gasteiger partial charge in [-0.3, -0.25) is 33.1 Å². The van der Waals surface area contributed by atoms with Crippen LogP contribution in [-0.4, -0.2) is 31.6 Å². The number of aromatic nitrogens is 4. The Morgan fingerprint density at radius 1 is 0.943 bits per heavy atom. The summed E-state index contributed by atoms with van der Waals surface area (Å²) in [6.45, 7) is 1.42. The van der Waals surface area contributed by atoms with E-state index >= 15 is 0 Å². The standard InChI is InChI=1S/C24H24N6O5/c1-3-28-22(33)16-11-7-8-12-17(16)29(24(28)35)14-18(31)27(2)19-20(25)30(23(34)26-21(19)32)13-15-9-5-4-6-10-15/h4-12H,3,13-14,25H2,1-2H3,(H,26,32,34). The summed E-state index contributed by atoms with van der Waals surface area (Å²) < 4.78 is 3.38. The van der Waals surface area contributed by atoms with Crippen LogP contribution in [0.5, 0.6) is 0 Å². The summed E-state index contributed by atoms with van der Waals surface area (Å²) in [5, 5.41) is 0.290. The van der Waals surface area contributed by atoms with Crippen molar-refractivity contribution in [2.75, 3.05) is 17.7 Å². The Bertz CT molecular complexity index is 1660. The predicted octanol–water partition coefficient (Wildman–Crippen LogP) is 0.327. The number of carbonyl (C=O) groups excluding carboxylic acids is 1. The van der Waals surface area contributed by atoms with Crippen LogP contribution in [0, 0.1) is 0 Å². The molecule has 4 rings (SSSR count). The second kappa shape index (κ2) is 9.29. The number of anilines is 2. The number of para-hydroxylation sites is 1. The van der Waals surface area contributed by atoms with E-state index < -0.39 is 34.9 Å². The number of rotatable bonds is 6. The zero-order chi connectivity index (χ0) is 25.3. The first-order chi connectivity index (χ1) is 16.7. The molecule has 0 fully saturated rings. The van der Waals surface area contributed by atoms with Crippen molar-refractivity contribution in [3.63, 3.8) is 0 Å². The molecule has 180 valence electrons. The molecule has 0 spiro atoms. The molecule has 35 heavy (non-hydrogen) atoms. The van der Waals surface area contributed by atoms with Gasteiger partial charge in [0.15, 0.2) is 5.69 Å². The minimum Gasteiger partial charge on any atom is -0.383 e. The second-order valence-corrected chi connectivity index (χ2v) is 7.95. The summed E-state index contributed by atoms with van der Waals surface area (Å²) in [6.07, 6.45) is 0. The minimum absolute atomic E-state index is 0.0862. The lowest BCUT2D eigenvalue weighted by Gasteiger charge is -2.21. The highest BCUT2D eigenvalue weighted by atomic mass is 16.2. The number of carbonyl (C=O) groups is 1. The van der Waals surface area contributed by atoms with Gasteiger partial charge in [-0.25, -0.2) is 9.59 Å². The van der Waals surface area contributed by atoms with Gasteiger partial charge in [0.1, 0.15) is 12.4 Å². The molecule has 0 aliphatic carbocycles. The van der Waals surface area contributed by atoms with Crippen molar-refractivity contribution >= 4 is 28.3 Å². The van der Waals surface area contributed by atoms with E-state index in [4.69, 9.17) is 5.73 Å². The topological polar surface area (TPSA) is 145 Å². The average molecular weight is 476 g/mol. The van der Waals surface area contributed by atoms with Crippen LogP contribution in [0.3, 0.4) is 0 Å². The number of nitrogen functional groups attached to an aromatic ring is 1. The molecule has 2 heterocycles. The van der Waals surface area contributed by atoms with Gasteiger partial charge in [0.2, 0.25) is 5.91 Å². The summed E-state index contributed by atoms with van der Waals surface area (Å²) in [6, 6.07) is 15.5. The number of benzene rings is 2. The van der Waals surface area contributed by atoms with Crippen molar-refractivity contribution < 1.29 is 4.79 Å². The Labute approximate surface area is 198 Å². The molecule has 4 aromatic rings. The summed E-state index contributed by atoms with van der Waals surface area (Å²) >= 11 is 0. The van der Waals surface area contributed by atoms with E-state index in [-0.39, 0.29) is 30.0 Å². The summed E-state index contributed by atoms with van der Waals surface area (Å²) in [7, 11) is 1.34. The highest BCUT2D eigenvalue weighted by Gasteiger charge is 2.23. The maximum Gasteiger partial charge on any atom is 0.331 e. The molecule has 0 unspecified atom stereocenters. The molecular formula is C24H24N6O5. The molecule has 11 nitrogen and oxygen atoms in total. The third-order valence-electron chi connectivity index (χ3n) is 5.85. The molecule has 11 heteroatoms. The molecule has 0 radical (unpaired) electrons. The molecule has 0 atom stereocenters. The largest absolute Gasteiger partial charge is 0.383 e. The Hall–Kier alpha value is -4.67. The van der Waals surface area contributed by atoms with Crippen LogP contribution in [0.25, 0.3) is 10.9 Å². The number of hydrogen-bond acceptors (Lipinski definition) is 6. The molecule has 1 amide bonds. The number of aromatic amines is 1. The van der Waals surface area contributed by atoms with Gasteiger partial charge >= 0.3 is 11.4 Å². The van der Waals surface area contributed by atoms with Crippen molar-refractivity contribution in [2.24, 2.45) is 0 Å². The molecule has 0 aliphatic heterocycles. The first-order valence-electron chi connectivity index (χ1n) is 10.9. The highest BCUT2D eigenvalue weighted by molar-refractivity contribution is 5.95. The highest BCUT2D eigenvalue weighted by Crippen LogP contribution is 2.17. The number of likely N-dealkylation sites (N-methyl/N-ethyl adjacent to an activating group) is 1. The first-order valence-corrected chi connectivity index (χ1v) is 10.9. The summed E-state index contributed by atoms with van der Waals surface area (Å²) in [4.78, 5) is 67.1. The fraction of sp³-hybridized carbons (Fsp3) is 0.208. The lowest BCUT2D eigenvalue weighted by Crippen LogP contribution is -2.44. The smallest absolute Gasteiger partial charge is 0.331 e. The third-order valence-corrected chi connectivity index (χ3v) is 5.85. The van der Waals surface area contributed by atoms with Crippen LogP contribution in [0.1, 0.15) is 12.5 Å². The third kappa shape index (κ3) is 4.19. The lowest BCUT2D eigenvalue weighted by atomic mass is 10.2. The number of nitrogens with zero attached hydrogens (tertiary/aromatic N) is 4. The predicted molar refractivity (Wildman–Crippen MR) is 133 cm³/mol. The van der Waals surface area contributed by atoms with Crippen LogP contribution in [0.2, 0.25) is 0 Å². The number of amides is 1. The van der Waals surface area contributed by atoms with Crippen LogP contribution < -0.4 is 33.1 Å². The van der Waals surface area contributed by atoms with E-state index in [0.717, 1.165) is 19.6 Å². The molecule has 2 aromatic carbocycles. The van der Waals surface area contributed by atoms with Crippen LogP contribution >= 0.6 is 0 Å². The Morgan fingerprint density at radius 3 is 2.29 bits per heavy atom. The van der Waals surface area contributed by atoms with E-state index in [0.29, 0.717) is 5.52 Å². The molecule has 0 bridgehead atoms. The summed E-state index contributed by atoms with van der Waals surface area (Å²) in [5.41, 5.74) is 4.41. The number of H-pyrrole nitrogens is 1. The number of fused-ring (bicyclic) bond motifs is 1. The zero-order valence-electron chi connectivity index (χ0n) is 19.2. The van der Waals surface area contributed by atoms with E-state index in [9.17, 15) is 24.0 Å². The zero-order valence-corrected chi connectivity index (χ0v) is 19.2. The van der Waals surface area contributed by atoms with Gasteiger partial charge in [0, 0.05) is 13.6 Å². The van der Waals surface area contributed by atoms with Gasteiger partial charge < -0.3 is 10.6 Å². The number of hydrogen-bond donors (Lipinski definition) is 2. The number of nitrogens with two attached hydrogens (primary N) is 1. The second-order valence-electron chi connectivity index (χ2n) is 7.95. The van der Waals surface area contributed by atoms with Crippen molar-refractivity contribution in [2.45, 2.75) is 26.6 Å². The quantitative estimate of drug-likeness (QED) is 0.410. The van der Waals surface area contributed by atoms with Crippen molar-refractivity contribution in [3.8, 4) is 0 Å². The fourth-order valence-corrected chi connectivity index (χ4v) is 3.99. The minimum atomic E-state index is -0.830. The molecular weight excluding hydrogens is 452 g/mol. The average Bonchev–Trinajstić information content (AvgIpc) is 2.85. The fourth-order valence-electron chi connectivity index (χ4n) is 3.99. The lowest BCUT2D eigenvalue weighted by molar-refractivity contribution is -0.118. The number of nitrogens with one attached hydrogen (secondary N) is 1. The van der Waals surface area contributed by atoms with Crippen LogP contribution in [-0.2, 0) is 24.4 Å². The molecule has 0 aliphatic rings. The van der Waals surface area contributed by atoms with Gasteiger partial charge in [-0.1, -0.05) is 42.5 Å². The van der Waals surface area contributed by atoms with Gasteiger partial charge in [0.25, 0.3) is 11.1 Å². The SMILES string of the molecule is CCn1c(=O)c2ccccc2n(CC(=O)N(C)c2c(N)n(Cc3ccccc3)c(=O)[nH]c2=O)c1=O. The first kappa shape index (κ1) is 23.5. The summed E-state index contributed by atoms with van der Waals surface area (Å²) in [5.74, 6) is -0.824. The molecule has 2 aromatic heterocycles. The van der Waals surface area contributed by atoms with E-state index in [1.165, 1.54) is 11.6 Å². The molecule has 0 saturated carbocycles. The Kier molecular flexibility index (Phi) is 6.24. The maximum absolute atomic E-state index is 13.2. The molecule has 0 saturated heterocycles. The van der Waals surface area contributed by atoms with E-state index in [2.05, 4.69) is 4.98 Å². The Morgan fingerprint density at radius 2 is 1.60 bits per heavy atom. The molecule has 3 N–H and O–H groups in total. The van der Waals surface area contributed by atoms with Crippen LogP contribution in [0.4, 0.5) is 11.5 Å². The van der Waals surface area contributed by atoms with Crippen LogP contribution in [0.15, 0.2) is 73.8 Å². The van der Waals surface area contributed by atoms with Crippen molar-refractivity contribution in [3.05, 3.63) is 102 Å². The normalized spacial score (nSPS) is 11.0. The van der Waals surface area contributed by atoms with Gasteiger partial charge in [-0.05, 0) is 24.6 Å². The van der Waals surface area contributed by atoms with Gasteiger partial charge in [-0.2, -0.15) is 0 Å².